The van der Waals surface area contributed by atoms with E-state index in [4.69, 9.17) is 5.26 Å². The number of aromatic nitrogens is 2. The first-order valence-electron chi connectivity index (χ1n) is 11.0. The summed E-state index contributed by atoms with van der Waals surface area (Å²) in [5.74, 6) is -0.957. The molecule has 0 bridgehead atoms. The van der Waals surface area contributed by atoms with Crippen LogP contribution in [0, 0.1) is 23.1 Å². The van der Waals surface area contributed by atoms with Gasteiger partial charge < -0.3 is 20.2 Å². The van der Waals surface area contributed by atoms with Gasteiger partial charge in [0.25, 0.3) is 5.91 Å². The standard InChI is InChI=1S/C23H27FN6O3/c1-4-20(31)15-10-28(3)22(32)21-17-12-29(13(2)7-19(17)27-30(21)11-15)23(33)26-16-5-6-18(24)14(8-16)9-25/h5-6,8,13,15,20,31H,4,7,10-12H2,1-3H3,(H,26,33)/t13-,15+,20?/m1/s1. The van der Waals surface area contributed by atoms with Gasteiger partial charge in [0.2, 0.25) is 0 Å². The number of hydrogen-bond donors (Lipinski definition) is 2. The number of carbonyl (C=O) groups is 2. The van der Waals surface area contributed by atoms with Gasteiger partial charge >= 0.3 is 6.03 Å². The number of halogens is 1. The molecule has 4 rings (SSSR count). The zero-order valence-electron chi connectivity index (χ0n) is 18.9. The summed E-state index contributed by atoms with van der Waals surface area (Å²) < 4.78 is 15.3. The van der Waals surface area contributed by atoms with Crippen LogP contribution in [0.3, 0.4) is 0 Å². The van der Waals surface area contributed by atoms with E-state index in [2.05, 4.69) is 10.4 Å². The van der Waals surface area contributed by atoms with Crippen molar-refractivity contribution in [2.45, 2.75) is 51.9 Å². The summed E-state index contributed by atoms with van der Waals surface area (Å²) in [6, 6.07) is 5.00. The molecule has 3 heterocycles. The quantitative estimate of drug-likeness (QED) is 0.739. The average molecular weight is 455 g/mol. The number of hydrogen-bond acceptors (Lipinski definition) is 5. The fourth-order valence-electron chi connectivity index (χ4n) is 4.59. The molecule has 2 aliphatic rings. The maximum atomic E-state index is 13.6. The summed E-state index contributed by atoms with van der Waals surface area (Å²) in [6.45, 7) is 4.87. The fourth-order valence-corrected chi connectivity index (χ4v) is 4.59. The van der Waals surface area contributed by atoms with Gasteiger partial charge in [-0.2, -0.15) is 10.4 Å². The molecule has 3 atom stereocenters. The Morgan fingerprint density at radius 2 is 2.18 bits per heavy atom. The number of urea groups is 1. The largest absolute Gasteiger partial charge is 0.393 e. The first-order valence-corrected chi connectivity index (χ1v) is 11.0. The van der Waals surface area contributed by atoms with Crippen LogP contribution in [0.2, 0.25) is 0 Å². The number of fused-ring (bicyclic) bond motifs is 3. The number of benzene rings is 1. The molecule has 1 unspecified atom stereocenters. The smallest absolute Gasteiger partial charge is 0.322 e. The van der Waals surface area contributed by atoms with Gasteiger partial charge in [-0.25, -0.2) is 9.18 Å². The van der Waals surface area contributed by atoms with Crippen LogP contribution in [-0.4, -0.2) is 62.4 Å². The van der Waals surface area contributed by atoms with Gasteiger partial charge in [0, 0.05) is 49.8 Å². The Hall–Kier alpha value is -3.45. The summed E-state index contributed by atoms with van der Waals surface area (Å²) in [5, 5.41) is 26.8. The van der Waals surface area contributed by atoms with E-state index >= 15 is 0 Å². The van der Waals surface area contributed by atoms with Gasteiger partial charge in [-0.3, -0.25) is 9.48 Å². The zero-order chi connectivity index (χ0) is 23.9. The molecule has 2 aliphatic heterocycles. The first-order chi connectivity index (χ1) is 15.7. The van der Waals surface area contributed by atoms with Crippen molar-refractivity contribution in [1.29, 1.82) is 5.26 Å². The van der Waals surface area contributed by atoms with E-state index in [9.17, 15) is 19.1 Å². The van der Waals surface area contributed by atoms with E-state index in [0.29, 0.717) is 42.9 Å². The van der Waals surface area contributed by atoms with E-state index in [0.717, 1.165) is 11.8 Å². The van der Waals surface area contributed by atoms with Gasteiger partial charge in [0.05, 0.1) is 23.9 Å². The number of aliphatic hydroxyl groups is 1. The van der Waals surface area contributed by atoms with Crippen LogP contribution in [0.15, 0.2) is 18.2 Å². The molecule has 0 fully saturated rings. The predicted molar refractivity (Wildman–Crippen MR) is 118 cm³/mol. The number of nitrogens with one attached hydrogen (secondary N) is 1. The van der Waals surface area contributed by atoms with Gasteiger partial charge in [0.15, 0.2) is 0 Å². The Morgan fingerprint density at radius 1 is 1.42 bits per heavy atom. The number of rotatable bonds is 3. The van der Waals surface area contributed by atoms with Crippen molar-refractivity contribution < 1.29 is 19.1 Å². The van der Waals surface area contributed by atoms with Crippen LogP contribution in [0.1, 0.15) is 47.6 Å². The third-order valence-electron chi connectivity index (χ3n) is 6.51. The van der Waals surface area contributed by atoms with Crippen molar-refractivity contribution in [1.82, 2.24) is 19.6 Å². The topological polar surface area (TPSA) is 114 Å². The maximum Gasteiger partial charge on any atom is 0.322 e. The Labute approximate surface area is 191 Å². The lowest BCUT2D eigenvalue weighted by atomic mass is 9.99. The Morgan fingerprint density at radius 3 is 2.88 bits per heavy atom. The third kappa shape index (κ3) is 4.16. The van der Waals surface area contributed by atoms with Gasteiger partial charge in [-0.05, 0) is 31.5 Å². The van der Waals surface area contributed by atoms with Crippen molar-refractivity contribution in [2.24, 2.45) is 5.92 Å². The second-order valence-corrected chi connectivity index (χ2v) is 8.79. The molecule has 10 heteroatoms. The highest BCUT2D eigenvalue weighted by Gasteiger charge is 2.38. The van der Waals surface area contributed by atoms with Crippen LogP contribution in [0.4, 0.5) is 14.9 Å². The molecular weight excluding hydrogens is 427 g/mol. The molecule has 33 heavy (non-hydrogen) atoms. The summed E-state index contributed by atoms with van der Waals surface area (Å²) in [6.07, 6.45) is 0.529. The molecule has 2 aromatic rings. The lowest BCUT2D eigenvalue weighted by Crippen LogP contribution is -2.45. The molecule has 1 aromatic carbocycles. The molecule has 1 aromatic heterocycles. The normalized spacial score (nSPS) is 21.0. The van der Waals surface area contributed by atoms with E-state index in [1.54, 1.807) is 27.6 Å². The van der Waals surface area contributed by atoms with Gasteiger partial charge in [0.1, 0.15) is 17.6 Å². The van der Waals surface area contributed by atoms with Crippen LogP contribution >= 0.6 is 0 Å². The number of aliphatic hydroxyl groups excluding tert-OH is 1. The lowest BCUT2D eigenvalue weighted by molar-refractivity contribution is 0.0625. The monoisotopic (exact) mass is 454 g/mol. The minimum Gasteiger partial charge on any atom is -0.393 e. The summed E-state index contributed by atoms with van der Waals surface area (Å²) in [5.41, 5.74) is 2.11. The molecule has 2 N–H and O–H groups in total. The number of anilines is 1. The highest BCUT2D eigenvalue weighted by Crippen LogP contribution is 2.30. The number of nitrogens with zero attached hydrogens (tertiary/aromatic N) is 5. The van der Waals surface area contributed by atoms with Crippen molar-refractivity contribution in [2.75, 3.05) is 18.9 Å². The first kappa shape index (κ1) is 22.7. The van der Waals surface area contributed by atoms with Crippen LogP contribution in [0.5, 0.6) is 0 Å². The van der Waals surface area contributed by atoms with E-state index < -0.39 is 18.0 Å². The van der Waals surface area contributed by atoms with Crippen molar-refractivity contribution >= 4 is 17.6 Å². The second kappa shape index (κ2) is 8.83. The van der Waals surface area contributed by atoms with Crippen LogP contribution < -0.4 is 5.32 Å². The molecule has 0 spiro atoms. The second-order valence-electron chi connectivity index (χ2n) is 8.79. The van der Waals surface area contributed by atoms with E-state index in [-0.39, 0.29) is 30.0 Å². The lowest BCUT2D eigenvalue weighted by Gasteiger charge is -2.33. The number of nitriles is 1. The molecule has 174 valence electrons. The van der Waals surface area contributed by atoms with Gasteiger partial charge in [-0.1, -0.05) is 6.92 Å². The minimum absolute atomic E-state index is 0.129. The van der Waals surface area contributed by atoms with Crippen LogP contribution in [0.25, 0.3) is 0 Å². The molecular formula is C23H27FN6O3. The van der Waals surface area contributed by atoms with E-state index in [1.807, 2.05) is 13.8 Å². The van der Waals surface area contributed by atoms with Gasteiger partial charge in [-0.15, -0.1) is 0 Å². The predicted octanol–water partition coefficient (Wildman–Crippen LogP) is 2.35. The van der Waals surface area contributed by atoms with Crippen molar-refractivity contribution in [3.05, 3.63) is 46.5 Å². The molecule has 0 aliphatic carbocycles. The molecule has 0 saturated heterocycles. The molecule has 0 radical (unpaired) electrons. The van der Waals surface area contributed by atoms with Crippen LogP contribution in [-0.2, 0) is 19.5 Å². The molecule has 0 saturated carbocycles. The Kier molecular flexibility index (Phi) is 6.08. The average Bonchev–Trinajstić information content (AvgIpc) is 3.08. The van der Waals surface area contributed by atoms with Crippen molar-refractivity contribution in [3.63, 3.8) is 0 Å². The zero-order valence-corrected chi connectivity index (χ0v) is 18.9. The minimum atomic E-state index is -0.650. The summed E-state index contributed by atoms with van der Waals surface area (Å²) in [4.78, 5) is 29.4. The Bertz CT molecular complexity index is 1140. The summed E-state index contributed by atoms with van der Waals surface area (Å²) in [7, 11) is 1.71. The van der Waals surface area contributed by atoms with E-state index in [1.165, 1.54) is 12.1 Å². The third-order valence-corrected chi connectivity index (χ3v) is 6.51. The number of carbonyl (C=O) groups excluding carboxylic acids is 2. The number of amides is 3. The fraction of sp³-hybridized carbons (Fsp3) is 0.478. The SMILES string of the molecule is CCC(O)[C@H]1CN(C)C(=O)c2c3c(nn2C1)C[C@@H](C)N(C(=O)Nc1ccc(F)c(C#N)c1)C3. The molecule has 3 amide bonds. The summed E-state index contributed by atoms with van der Waals surface area (Å²) >= 11 is 0. The Balaban J connectivity index is 1.61. The molecule has 9 nitrogen and oxygen atoms in total. The highest BCUT2D eigenvalue weighted by atomic mass is 19.1. The van der Waals surface area contributed by atoms with Crippen molar-refractivity contribution in [3.8, 4) is 6.07 Å². The highest BCUT2D eigenvalue weighted by molar-refractivity contribution is 5.95. The maximum absolute atomic E-state index is 13.6.